The van der Waals surface area contributed by atoms with Gasteiger partial charge in [-0.25, -0.2) is 4.98 Å². The molecule has 7 nitrogen and oxygen atoms in total. The van der Waals surface area contributed by atoms with Crippen molar-refractivity contribution in [1.82, 2.24) is 29.9 Å². The van der Waals surface area contributed by atoms with Crippen LogP contribution in [-0.2, 0) is 13.1 Å². The summed E-state index contributed by atoms with van der Waals surface area (Å²) in [6.45, 7) is 3.87. The highest BCUT2D eigenvalue weighted by Gasteiger charge is 2.30. The topological polar surface area (TPSA) is 74.1 Å². The van der Waals surface area contributed by atoms with Crippen LogP contribution in [0.3, 0.4) is 0 Å². The smallest absolute Gasteiger partial charge is 0.229 e. The van der Waals surface area contributed by atoms with Crippen LogP contribution in [0.1, 0.15) is 49.0 Å². The Morgan fingerprint density at radius 1 is 1.39 bits per heavy atom. The van der Waals surface area contributed by atoms with Crippen LogP contribution in [0.2, 0.25) is 0 Å². The molecule has 1 aliphatic heterocycles. The summed E-state index contributed by atoms with van der Waals surface area (Å²) in [6.07, 6.45) is 8.49. The Labute approximate surface area is 136 Å². The lowest BCUT2D eigenvalue weighted by molar-refractivity contribution is 0.104. The standard InChI is InChI=1S/C16H24N6O/c1-21(8-13-7-17-11-18-13)14-3-2-6-22(9-14)10-15-19-16(23-20-15)12-4-5-12/h7,11-12,14H,2-6,8-10H2,1H3,(H,17,18). The van der Waals surface area contributed by atoms with Crippen LogP contribution in [-0.4, -0.2) is 56.1 Å². The molecule has 7 heteroatoms. The van der Waals surface area contributed by atoms with E-state index in [0.29, 0.717) is 12.0 Å². The molecule has 124 valence electrons. The number of nitrogens with zero attached hydrogens (tertiary/aromatic N) is 5. The van der Waals surface area contributed by atoms with Gasteiger partial charge < -0.3 is 9.51 Å². The molecule has 0 aromatic carbocycles. The van der Waals surface area contributed by atoms with Gasteiger partial charge in [0.25, 0.3) is 0 Å². The van der Waals surface area contributed by atoms with Gasteiger partial charge in [0, 0.05) is 36.9 Å². The van der Waals surface area contributed by atoms with Gasteiger partial charge >= 0.3 is 0 Å². The van der Waals surface area contributed by atoms with E-state index in [-0.39, 0.29) is 0 Å². The number of nitrogens with one attached hydrogen (secondary N) is 1. The maximum Gasteiger partial charge on any atom is 0.229 e. The number of rotatable bonds is 6. The van der Waals surface area contributed by atoms with Crippen LogP contribution in [0.5, 0.6) is 0 Å². The summed E-state index contributed by atoms with van der Waals surface area (Å²) in [5.74, 6) is 2.21. The minimum Gasteiger partial charge on any atom is -0.347 e. The normalized spacial score (nSPS) is 22.8. The molecule has 1 aliphatic carbocycles. The molecule has 1 unspecified atom stereocenters. The third-order valence-electron chi connectivity index (χ3n) is 4.85. The molecule has 2 aliphatic rings. The Balaban J connectivity index is 1.32. The second-order valence-electron chi connectivity index (χ2n) is 6.85. The van der Waals surface area contributed by atoms with Gasteiger partial charge in [0.1, 0.15) is 0 Å². The van der Waals surface area contributed by atoms with Crippen LogP contribution in [0, 0.1) is 0 Å². The third-order valence-corrected chi connectivity index (χ3v) is 4.85. The molecule has 0 spiro atoms. The highest BCUT2D eigenvalue weighted by molar-refractivity contribution is 5.02. The Kier molecular flexibility index (Phi) is 4.13. The van der Waals surface area contributed by atoms with E-state index in [1.54, 1.807) is 6.33 Å². The number of aromatic amines is 1. The van der Waals surface area contributed by atoms with Crippen molar-refractivity contribution < 1.29 is 4.52 Å². The predicted octanol–water partition coefficient (Wildman–Crippen LogP) is 1.77. The van der Waals surface area contributed by atoms with E-state index >= 15 is 0 Å². The van der Waals surface area contributed by atoms with E-state index in [1.165, 1.54) is 25.7 Å². The molecule has 2 fully saturated rings. The molecule has 3 heterocycles. The fraction of sp³-hybridized carbons (Fsp3) is 0.688. The molecule has 0 radical (unpaired) electrons. The molecule has 4 rings (SSSR count). The molecule has 23 heavy (non-hydrogen) atoms. The third kappa shape index (κ3) is 3.61. The molecule has 1 saturated carbocycles. The zero-order valence-electron chi connectivity index (χ0n) is 13.6. The van der Waals surface area contributed by atoms with Crippen LogP contribution in [0.15, 0.2) is 17.0 Å². The molecule has 0 amide bonds. The SMILES string of the molecule is CN(Cc1cnc[nH]1)C1CCCN(Cc2noc(C3CC3)n2)C1. The van der Waals surface area contributed by atoms with Crippen molar-refractivity contribution in [3.8, 4) is 0 Å². The lowest BCUT2D eigenvalue weighted by Crippen LogP contribution is -2.45. The van der Waals surface area contributed by atoms with Crippen LogP contribution >= 0.6 is 0 Å². The minimum atomic E-state index is 0.533. The second kappa shape index (κ2) is 6.41. The molecular formula is C16H24N6O. The zero-order valence-corrected chi connectivity index (χ0v) is 13.6. The lowest BCUT2D eigenvalue weighted by atomic mass is 10.0. The highest BCUT2D eigenvalue weighted by Crippen LogP contribution is 2.38. The van der Waals surface area contributed by atoms with E-state index in [0.717, 1.165) is 43.6 Å². The predicted molar refractivity (Wildman–Crippen MR) is 84.6 cm³/mol. The number of piperidine rings is 1. The largest absolute Gasteiger partial charge is 0.347 e. The van der Waals surface area contributed by atoms with Gasteiger partial charge in [0.2, 0.25) is 5.89 Å². The summed E-state index contributed by atoms with van der Waals surface area (Å²) in [5.41, 5.74) is 1.16. The lowest BCUT2D eigenvalue weighted by Gasteiger charge is -2.37. The minimum absolute atomic E-state index is 0.533. The molecular weight excluding hydrogens is 292 g/mol. The van der Waals surface area contributed by atoms with Crippen LogP contribution in [0.25, 0.3) is 0 Å². The first-order valence-corrected chi connectivity index (χ1v) is 8.50. The van der Waals surface area contributed by atoms with E-state index in [9.17, 15) is 0 Å². The fourth-order valence-corrected chi connectivity index (χ4v) is 3.33. The Morgan fingerprint density at radius 3 is 3.09 bits per heavy atom. The van der Waals surface area contributed by atoms with Crippen molar-refractivity contribution >= 4 is 0 Å². The first kappa shape index (κ1) is 14.8. The van der Waals surface area contributed by atoms with E-state index in [1.807, 2.05) is 6.20 Å². The van der Waals surface area contributed by atoms with Crippen molar-refractivity contribution in [1.29, 1.82) is 0 Å². The van der Waals surface area contributed by atoms with Crippen molar-refractivity contribution in [3.63, 3.8) is 0 Å². The van der Waals surface area contributed by atoms with Gasteiger partial charge in [-0.15, -0.1) is 0 Å². The summed E-state index contributed by atoms with van der Waals surface area (Å²) in [4.78, 5) is 16.7. The van der Waals surface area contributed by atoms with Crippen molar-refractivity contribution in [3.05, 3.63) is 29.9 Å². The molecule has 1 N–H and O–H groups in total. The first-order chi connectivity index (χ1) is 11.3. The van der Waals surface area contributed by atoms with E-state index in [4.69, 9.17) is 4.52 Å². The number of hydrogen-bond donors (Lipinski definition) is 1. The molecule has 2 aromatic rings. The second-order valence-corrected chi connectivity index (χ2v) is 6.85. The number of H-pyrrole nitrogens is 1. The van der Waals surface area contributed by atoms with Gasteiger partial charge in [-0.3, -0.25) is 9.80 Å². The summed E-state index contributed by atoms with van der Waals surface area (Å²) < 4.78 is 5.37. The van der Waals surface area contributed by atoms with E-state index < -0.39 is 0 Å². The van der Waals surface area contributed by atoms with Gasteiger partial charge in [0.15, 0.2) is 5.82 Å². The van der Waals surface area contributed by atoms with Crippen molar-refractivity contribution in [2.45, 2.75) is 50.7 Å². The van der Waals surface area contributed by atoms with Crippen molar-refractivity contribution in [2.24, 2.45) is 0 Å². The number of likely N-dealkylation sites (tertiary alicyclic amines) is 1. The van der Waals surface area contributed by atoms with Gasteiger partial charge in [-0.05, 0) is 39.3 Å². The molecule has 2 aromatic heterocycles. The quantitative estimate of drug-likeness (QED) is 0.875. The fourth-order valence-electron chi connectivity index (χ4n) is 3.33. The highest BCUT2D eigenvalue weighted by atomic mass is 16.5. The Hall–Kier alpha value is -1.73. The molecule has 1 saturated heterocycles. The zero-order chi connectivity index (χ0) is 15.6. The Morgan fingerprint density at radius 2 is 2.30 bits per heavy atom. The van der Waals surface area contributed by atoms with Crippen LogP contribution < -0.4 is 0 Å². The van der Waals surface area contributed by atoms with Gasteiger partial charge in [0.05, 0.1) is 12.9 Å². The number of hydrogen-bond acceptors (Lipinski definition) is 6. The molecule has 1 atom stereocenters. The van der Waals surface area contributed by atoms with Gasteiger partial charge in [-0.2, -0.15) is 4.98 Å². The average Bonchev–Trinajstić information content (AvgIpc) is 3.09. The maximum absolute atomic E-state index is 5.37. The van der Waals surface area contributed by atoms with Crippen molar-refractivity contribution in [2.75, 3.05) is 20.1 Å². The van der Waals surface area contributed by atoms with Crippen LogP contribution in [0.4, 0.5) is 0 Å². The summed E-state index contributed by atoms with van der Waals surface area (Å²) in [6, 6.07) is 0.557. The Bertz CT molecular complexity index is 620. The number of aromatic nitrogens is 4. The van der Waals surface area contributed by atoms with Gasteiger partial charge in [-0.1, -0.05) is 5.16 Å². The monoisotopic (exact) mass is 316 g/mol. The average molecular weight is 316 g/mol. The first-order valence-electron chi connectivity index (χ1n) is 8.50. The summed E-state index contributed by atoms with van der Waals surface area (Å²) in [5, 5.41) is 4.15. The summed E-state index contributed by atoms with van der Waals surface area (Å²) in [7, 11) is 2.19. The number of likely N-dealkylation sites (N-methyl/N-ethyl adjacent to an activating group) is 1. The van der Waals surface area contributed by atoms with E-state index in [2.05, 4.69) is 37.0 Å². The maximum atomic E-state index is 5.37. The number of imidazole rings is 1. The summed E-state index contributed by atoms with van der Waals surface area (Å²) >= 11 is 0. The molecule has 0 bridgehead atoms.